The molecule has 0 spiro atoms. The molecule has 0 amide bonds. The standard InChI is InChI=1S/C10H22N2O2/c1-4-5-10(2,3)7-12-6-8(11)9(13)14/h8,12H,4-7,11H2,1-3H3,(H,13,14). The molecule has 0 saturated heterocycles. The van der Waals surface area contributed by atoms with Crippen LogP contribution < -0.4 is 11.1 Å². The molecule has 0 radical (unpaired) electrons. The zero-order valence-corrected chi connectivity index (χ0v) is 9.34. The molecule has 0 aliphatic rings. The van der Waals surface area contributed by atoms with Crippen molar-refractivity contribution in [2.45, 2.75) is 39.7 Å². The summed E-state index contributed by atoms with van der Waals surface area (Å²) in [5.41, 5.74) is 5.57. The van der Waals surface area contributed by atoms with E-state index in [1.807, 2.05) is 0 Å². The number of carbonyl (C=O) groups is 1. The molecule has 0 fully saturated rings. The largest absolute Gasteiger partial charge is 0.480 e. The van der Waals surface area contributed by atoms with Gasteiger partial charge in [0.05, 0.1) is 0 Å². The van der Waals surface area contributed by atoms with Crippen molar-refractivity contribution < 1.29 is 9.90 Å². The number of nitrogens with two attached hydrogens (primary N) is 1. The Kier molecular flexibility index (Phi) is 5.72. The minimum Gasteiger partial charge on any atom is -0.480 e. The van der Waals surface area contributed by atoms with Gasteiger partial charge in [-0.25, -0.2) is 0 Å². The number of rotatable bonds is 7. The number of aliphatic carboxylic acids is 1. The van der Waals surface area contributed by atoms with Crippen LogP contribution in [0.2, 0.25) is 0 Å². The summed E-state index contributed by atoms with van der Waals surface area (Å²) >= 11 is 0. The molecular formula is C10H22N2O2. The van der Waals surface area contributed by atoms with Crippen molar-refractivity contribution in [2.75, 3.05) is 13.1 Å². The van der Waals surface area contributed by atoms with Crippen molar-refractivity contribution in [3.63, 3.8) is 0 Å². The molecule has 0 aliphatic carbocycles. The van der Waals surface area contributed by atoms with Crippen LogP contribution >= 0.6 is 0 Å². The second kappa shape index (κ2) is 5.98. The zero-order valence-electron chi connectivity index (χ0n) is 9.34. The van der Waals surface area contributed by atoms with Crippen molar-refractivity contribution in [1.82, 2.24) is 5.32 Å². The van der Waals surface area contributed by atoms with Gasteiger partial charge in [0.15, 0.2) is 0 Å². The van der Waals surface area contributed by atoms with Gasteiger partial charge in [0.25, 0.3) is 0 Å². The Bertz CT molecular complexity index is 181. The van der Waals surface area contributed by atoms with Crippen LogP contribution in [-0.4, -0.2) is 30.2 Å². The first kappa shape index (κ1) is 13.4. The molecule has 0 aliphatic heterocycles. The molecule has 0 bridgehead atoms. The van der Waals surface area contributed by atoms with E-state index in [2.05, 4.69) is 26.1 Å². The van der Waals surface area contributed by atoms with Crippen LogP contribution in [0.25, 0.3) is 0 Å². The van der Waals surface area contributed by atoms with Crippen molar-refractivity contribution >= 4 is 5.97 Å². The first-order chi connectivity index (χ1) is 6.39. The number of carboxylic acid groups (broad SMARTS) is 1. The predicted octanol–water partition coefficient (Wildman–Crippen LogP) is 0.814. The lowest BCUT2D eigenvalue weighted by atomic mass is 9.88. The summed E-state index contributed by atoms with van der Waals surface area (Å²) in [6.07, 6.45) is 2.27. The van der Waals surface area contributed by atoms with E-state index in [-0.39, 0.29) is 5.41 Å². The second-order valence-corrected chi connectivity index (χ2v) is 4.49. The summed E-state index contributed by atoms with van der Waals surface area (Å²) in [6, 6.07) is -0.799. The smallest absolute Gasteiger partial charge is 0.321 e. The highest BCUT2D eigenvalue weighted by molar-refractivity contribution is 5.73. The van der Waals surface area contributed by atoms with Gasteiger partial charge < -0.3 is 16.2 Å². The monoisotopic (exact) mass is 202 g/mol. The van der Waals surface area contributed by atoms with E-state index in [4.69, 9.17) is 10.8 Å². The molecule has 14 heavy (non-hydrogen) atoms. The van der Waals surface area contributed by atoms with Gasteiger partial charge in [-0.15, -0.1) is 0 Å². The van der Waals surface area contributed by atoms with E-state index in [1.165, 1.54) is 0 Å². The molecule has 84 valence electrons. The molecule has 4 N–H and O–H groups in total. The fourth-order valence-corrected chi connectivity index (χ4v) is 1.42. The van der Waals surface area contributed by atoms with Crippen LogP contribution in [0, 0.1) is 5.41 Å². The van der Waals surface area contributed by atoms with Crippen molar-refractivity contribution in [1.29, 1.82) is 0 Å². The quantitative estimate of drug-likeness (QED) is 0.571. The lowest BCUT2D eigenvalue weighted by Crippen LogP contribution is -2.43. The Morgan fingerprint density at radius 3 is 2.57 bits per heavy atom. The van der Waals surface area contributed by atoms with Crippen LogP contribution in [0.4, 0.5) is 0 Å². The number of hydrogen-bond acceptors (Lipinski definition) is 3. The minimum atomic E-state index is -0.953. The van der Waals surface area contributed by atoms with Crippen LogP contribution in [0.5, 0.6) is 0 Å². The highest BCUT2D eigenvalue weighted by atomic mass is 16.4. The molecule has 0 rings (SSSR count). The molecule has 0 heterocycles. The maximum absolute atomic E-state index is 10.4. The van der Waals surface area contributed by atoms with E-state index in [9.17, 15) is 4.79 Å². The van der Waals surface area contributed by atoms with E-state index >= 15 is 0 Å². The third-order valence-corrected chi connectivity index (χ3v) is 2.21. The Balaban J connectivity index is 3.67. The Morgan fingerprint density at radius 2 is 2.14 bits per heavy atom. The van der Waals surface area contributed by atoms with Gasteiger partial charge in [0, 0.05) is 13.1 Å². The van der Waals surface area contributed by atoms with E-state index in [1.54, 1.807) is 0 Å². The average Bonchev–Trinajstić information content (AvgIpc) is 2.03. The molecule has 4 nitrogen and oxygen atoms in total. The van der Waals surface area contributed by atoms with Crippen LogP contribution in [0.15, 0.2) is 0 Å². The Labute approximate surface area is 85.9 Å². The molecule has 1 atom stereocenters. The predicted molar refractivity (Wildman–Crippen MR) is 57.2 cm³/mol. The summed E-state index contributed by atoms with van der Waals surface area (Å²) in [4.78, 5) is 10.4. The van der Waals surface area contributed by atoms with Crippen LogP contribution in [0.1, 0.15) is 33.6 Å². The number of nitrogens with one attached hydrogen (secondary N) is 1. The van der Waals surface area contributed by atoms with Gasteiger partial charge in [-0.3, -0.25) is 4.79 Å². The topological polar surface area (TPSA) is 75.3 Å². The van der Waals surface area contributed by atoms with Gasteiger partial charge >= 0.3 is 5.97 Å². The molecule has 0 aromatic carbocycles. The van der Waals surface area contributed by atoms with E-state index in [0.717, 1.165) is 19.4 Å². The summed E-state index contributed by atoms with van der Waals surface area (Å²) in [7, 11) is 0. The first-order valence-corrected chi connectivity index (χ1v) is 5.08. The summed E-state index contributed by atoms with van der Waals surface area (Å²) in [5, 5.41) is 11.6. The summed E-state index contributed by atoms with van der Waals surface area (Å²) in [5.74, 6) is -0.953. The van der Waals surface area contributed by atoms with E-state index in [0.29, 0.717) is 6.54 Å². The van der Waals surface area contributed by atoms with Gasteiger partial charge in [0.2, 0.25) is 0 Å². The molecule has 0 aromatic rings. The maximum Gasteiger partial charge on any atom is 0.321 e. The molecule has 0 saturated carbocycles. The number of hydrogen-bond donors (Lipinski definition) is 3. The lowest BCUT2D eigenvalue weighted by molar-refractivity contribution is -0.138. The zero-order chi connectivity index (χ0) is 11.2. The Morgan fingerprint density at radius 1 is 1.57 bits per heavy atom. The summed E-state index contributed by atoms with van der Waals surface area (Å²) in [6.45, 7) is 7.61. The van der Waals surface area contributed by atoms with Crippen LogP contribution in [-0.2, 0) is 4.79 Å². The Hall–Kier alpha value is -0.610. The average molecular weight is 202 g/mol. The van der Waals surface area contributed by atoms with Crippen molar-refractivity contribution in [3.05, 3.63) is 0 Å². The molecule has 1 unspecified atom stereocenters. The fraction of sp³-hybridized carbons (Fsp3) is 0.900. The highest BCUT2D eigenvalue weighted by Gasteiger charge is 2.17. The van der Waals surface area contributed by atoms with Crippen molar-refractivity contribution in [2.24, 2.45) is 11.1 Å². The second-order valence-electron chi connectivity index (χ2n) is 4.49. The lowest BCUT2D eigenvalue weighted by Gasteiger charge is -2.24. The van der Waals surface area contributed by atoms with Gasteiger partial charge in [0.1, 0.15) is 6.04 Å². The molecular weight excluding hydrogens is 180 g/mol. The van der Waals surface area contributed by atoms with Gasteiger partial charge in [-0.1, -0.05) is 27.2 Å². The summed E-state index contributed by atoms with van der Waals surface area (Å²) < 4.78 is 0. The number of carboxylic acids is 1. The van der Waals surface area contributed by atoms with E-state index < -0.39 is 12.0 Å². The highest BCUT2D eigenvalue weighted by Crippen LogP contribution is 2.20. The van der Waals surface area contributed by atoms with Crippen molar-refractivity contribution in [3.8, 4) is 0 Å². The third kappa shape index (κ3) is 5.94. The normalized spacial score (nSPS) is 14.0. The SMILES string of the molecule is CCCC(C)(C)CNCC(N)C(=O)O. The fourth-order valence-electron chi connectivity index (χ4n) is 1.42. The molecule has 0 aromatic heterocycles. The molecule has 4 heteroatoms. The first-order valence-electron chi connectivity index (χ1n) is 5.08. The van der Waals surface area contributed by atoms with Gasteiger partial charge in [-0.2, -0.15) is 0 Å². The van der Waals surface area contributed by atoms with Crippen LogP contribution in [0.3, 0.4) is 0 Å². The third-order valence-electron chi connectivity index (χ3n) is 2.21. The maximum atomic E-state index is 10.4. The minimum absolute atomic E-state index is 0.215. The van der Waals surface area contributed by atoms with Gasteiger partial charge in [-0.05, 0) is 11.8 Å².